The van der Waals surface area contributed by atoms with Crippen LogP contribution in [0.4, 0.5) is 0 Å². The summed E-state index contributed by atoms with van der Waals surface area (Å²) in [5, 5.41) is 0. The van der Waals surface area contributed by atoms with E-state index in [0.29, 0.717) is 5.41 Å². The molecule has 1 spiro atoms. The van der Waals surface area contributed by atoms with Crippen molar-refractivity contribution in [2.24, 2.45) is 11.1 Å². The topological polar surface area (TPSA) is 49.6 Å². The van der Waals surface area contributed by atoms with E-state index in [-0.39, 0.29) is 11.9 Å². The van der Waals surface area contributed by atoms with Gasteiger partial charge in [-0.2, -0.15) is 0 Å². The molecule has 2 heterocycles. The number of hydrogen-bond donors (Lipinski definition) is 1. The minimum absolute atomic E-state index is 0.106. The highest BCUT2D eigenvalue weighted by Crippen LogP contribution is 2.40. The Balaban J connectivity index is 1.53. The molecular formula is C18H27N3O. The van der Waals surface area contributed by atoms with Gasteiger partial charge in [0.05, 0.1) is 6.04 Å². The molecule has 3 rings (SSSR count). The number of carbonyl (C=O) groups is 1. The normalized spacial score (nSPS) is 22.9. The number of benzene rings is 1. The summed E-state index contributed by atoms with van der Waals surface area (Å²) in [4.78, 5) is 16.5. The molecular weight excluding hydrogens is 274 g/mol. The van der Waals surface area contributed by atoms with Gasteiger partial charge in [-0.15, -0.1) is 0 Å². The molecule has 120 valence electrons. The molecule has 0 bridgehead atoms. The maximum atomic E-state index is 12.0. The van der Waals surface area contributed by atoms with Gasteiger partial charge >= 0.3 is 0 Å². The molecule has 0 aliphatic carbocycles. The lowest BCUT2D eigenvalue weighted by molar-refractivity contribution is -0.134. The molecule has 1 aromatic carbocycles. The Kier molecular flexibility index (Phi) is 4.50. The van der Waals surface area contributed by atoms with Crippen LogP contribution in [0.2, 0.25) is 0 Å². The molecule has 0 radical (unpaired) electrons. The Hall–Kier alpha value is -1.39. The summed E-state index contributed by atoms with van der Waals surface area (Å²) < 4.78 is 0. The van der Waals surface area contributed by atoms with Crippen LogP contribution in [0.3, 0.4) is 0 Å². The molecule has 22 heavy (non-hydrogen) atoms. The van der Waals surface area contributed by atoms with Crippen LogP contribution < -0.4 is 5.73 Å². The fourth-order valence-corrected chi connectivity index (χ4v) is 3.90. The van der Waals surface area contributed by atoms with Crippen LogP contribution >= 0.6 is 0 Å². The molecule has 0 aromatic heterocycles. The summed E-state index contributed by atoms with van der Waals surface area (Å²) in [6.45, 7) is 6.92. The van der Waals surface area contributed by atoms with Crippen LogP contribution in [-0.2, 0) is 11.3 Å². The molecule has 4 heteroatoms. The van der Waals surface area contributed by atoms with Crippen LogP contribution in [0.25, 0.3) is 0 Å². The number of nitrogens with zero attached hydrogens (tertiary/aromatic N) is 2. The van der Waals surface area contributed by atoms with Crippen molar-refractivity contribution >= 4 is 5.91 Å². The third-order valence-electron chi connectivity index (χ3n) is 5.29. The molecule has 2 aliphatic rings. The van der Waals surface area contributed by atoms with E-state index in [1.165, 1.54) is 25.1 Å². The summed E-state index contributed by atoms with van der Waals surface area (Å²) >= 11 is 0. The first-order valence-corrected chi connectivity index (χ1v) is 8.39. The monoisotopic (exact) mass is 301 g/mol. The van der Waals surface area contributed by atoms with Crippen molar-refractivity contribution in [3.05, 3.63) is 35.9 Å². The number of hydrogen-bond acceptors (Lipinski definition) is 3. The van der Waals surface area contributed by atoms with E-state index in [2.05, 4.69) is 35.2 Å². The highest BCUT2D eigenvalue weighted by molar-refractivity contribution is 5.81. The van der Waals surface area contributed by atoms with Crippen LogP contribution in [-0.4, -0.2) is 47.9 Å². The highest BCUT2D eigenvalue weighted by Gasteiger charge is 2.41. The molecule has 1 atom stereocenters. The lowest BCUT2D eigenvalue weighted by Crippen LogP contribution is -2.49. The summed E-state index contributed by atoms with van der Waals surface area (Å²) in [5.41, 5.74) is 7.53. The van der Waals surface area contributed by atoms with Gasteiger partial charge in [-0.1, -0.05) is 30.3 Å². The molecule has 2 saturated heterocycles. The van der Waals surface area contributed by atoms with E-state index >= 15 is 0 Å². The van der Waals surface area contributed by atoms with Crippen LogP contribution in [0.5, 0.6) is 0 Å². The average Bonchev–Trinajstić information content (AvgIpc) is 2.91. The third-order valence-corrected chi connectivity index (χ3v) is 5.29. The quantitative estimate of drug-likeness (QED) is 0.927. The minimum Gasteiger partial charge on any atom is -0.341 e. The van der Waals surface area contributed by atoms with Gasteiger partial charge in [-0.25, -0.2) is 0 Å². The van der Waals surface area contributed by atoms with Crippen molar-refractivity contribution in [2.45, 2.75) is 38.8 Å². The second-order valence-corrected chi connectivity index (χ2v) is 7.06. The van der Waals surface area contributed by atoms with Gasteiger partial charge in [0.1, 0.15) is 0 Å². The first-order valence-electron chi connectivity index (χ1n) is 8.39. The summed E-state index contributed by atoms with van der Waals surface area (Å²) in [6.07, 6.45) is 3.51. The lowest BCUT2D eigenvalue weighted by Gasteiger charge is -2.40. The van der Waals surface area contributed by atoms with Crippen molar-refractivity contribution in [1.82, 2.24) is 9.80 Å². The number of carbonyl (C=O) groups excluding carboxylic acids is 1. The lowest BCUT2D eigenvalue weighted by atomic mass is 9.77. The van der Waals surface area contributed by atoms with Gasteiger partial charge in [0.2, 0.25) is 5.91 Å². The van der Waals surface area contributed by atoms with E-state index < -0.39 is 0 Å². The minimum atomic E-state index is -0.368. The number of amides is 1. The first-order chi connectivity index (χ1) is 10.6. The zero-order valence-electron chi connectivity index (χ0n) is 13.5. The smallest absolute Gasteiger partial charge is 0.239 e. The second kappa shape index (κ2) is 6.39. The summed E-state index contributed by atoms with van der Waals surface area (Å²) in [5.74, 6) is 0.106. The van der Waals surface area contributed by atoms with Gasteiger partial charge < -0.3 is 10.6 Å². The third kappa shape index (κ3) is 3.33. The molecule has 1 amide bonds. The fourth-order valence-electron chi connectivity index (χ4n) is 3.90. The Bertz CT molecular complexity index is 506. The van der Waals surface area contributed by atoms with Gasteiger partial charge in [-0.05, 0) is 43.7 Å². The maximum absolute atomic E-state index is 12.0. The summed E-state index contributed by atoms with van der Waals surface area (Å²) in [6, 6.07) is 10.3. The summed E-state index contributed by atoms with van der Waals surface area (Å²) in [7, 11) is 0. The fraction of sp³-hybridized carbons (Fsp3) is 0.611. The Morgan fingerprint density at radius 1 is 1.18 bits per heavy atom. The predicted octanol–water partition coefficient (Wildman–Crippen LogP) is 1.85. The van der Waals surface area contributed by atoms with E-state index in [4.69, 9.17) is 5.73 Å². The molecule has 1 aromatic rings. The van der Waals surface area contributed by atoms with Crippen molar-refractivity contribution in [3.8, 4) is 0 Å². The highest BCUT2D eigenvalue weighted by atomic mass is 16.2. The molecule has 4 nitrogen and oxygen atoms in total. The Morgan fingerprint density at radius 3 is 2.45 bits per heavy atom. The first kappa shape index (κ1) is 15.5. The number of nitrogens with two attached hydrogens (primary N) is 1. The van der Waals surface area contributed by atoms with Gasteiger partial charge in [0.25, 0.3) is 0 Å². The maximum Gasteiger partial charge on any atom is 0.239 e. The number of likely N-dealkylation sites (tertiary alicyclic amines) is 2. The van der Waals surface area contributed by atoms with Gasteiger partial charge in [0, 0.05) is 26.2 Å². The number of piperidine rings is 1. The van der Waals surface area contributed by atoms with Crippen molar-refractivity contribution < 1.29 is 4.79 Å². The molecule has 2 aliphatic heterocycles. The molecule has 2 fully saturated rings. The van der Waals surface area contributed by atoms with E-state index in [0.717, 1.165) is 32.5 Å². The van der Waals surface area contributed by atoms with Crippen molar-refractivity contribution in [1.29, 1.82) is 0 Å². The molecule has 2 N–H and O–H groups in total. The zero-order valence-corrected chi connectivity index (χ0v) is 13.5. The van der Waals surface area contributed by atoms with E-state index in [9.17, 15) is 4.79 Å². The number of rotatable bonds is 3. The molecule has 0 unspecified atom stereocenters. The standard InChI is InChI=1S/C18H27N3O/c1-15(19)17(22)21-11-8-18(9-12-21)7-10-20(14-18)13-16-5-3-2-4-6-16/h2-6,15H,7-14,19H2,1H3/t15-/m1/s1. The van der Waals surface area contributed by atoms with Crippen LogP contribution in [0.1, 0.15) is 31.7 Å². The largest absolute Gasteiger partial charge is 0.341 e. The predicted molar refractivity (Wildman–Crippen MR) is 88.2 cm³/mol. The van der Waals surface area contributed by atoms with Crippen molar-refractivity contribution in [3.63, 3.8) is 0 Å². The zero-order chi connectivity index (χ0) is 15.6. The Labute approximate surface area is 133 Å². The van der Waals surface area contributed by atoms with Crippen LogP contribution in [0, 0.1) is 5.41 Å². The SMILES string of the molecule is C[C@@H](N)C(=O)N1CCC2(CCN(Cc3ccccc3)C2)CC1. The van der Waals surface area contributed by atoms with Crippen molar-refractivity contribution in [2.75, 3.05) is 26.2 Å². The second-order valence-electron chi connectivity index (χ2n) is 7.06. The van der Waals surface area contributed by atoms with E-state index in [1.807, 2.05) is 4.90 Å². The molecule has 0 saturated carbocycles. The Morgan fingerprint density at radius 2 is 1.82 bits per heavy atom. The van der Waals surface area contributed by atoms with Crippen LogP contribution in [0.15, 0.2) is 30.3 Å². The average molecular weight is 301 g/mol. The van der Waals surface area contributed by atoms with Gasteiger partial charge in [-0.3, -0.25) is 9.69 Å². The van der Waals surface area contributed by atoms with E-state index in [1.54, 1.807) is 6.92 Å². The van der Waals surface area contributed by atoms with Gasteiger partial charge in [0.15, 0.2) is 0 Å².